The zero-order valence-electron chi connectivity index (χ0n) is 10.8. The Balaban J connectivity index is 1.81. The van der Waals surface area contributed by atoms with Gasteiger partial charge in [0.05, 0.1) is 16.8 Å². The van der Waals surface area contributed by atoms with Gasteiger partial charge in [0.25, 0.3) is 5.56 Å². The largest absolute Gasteiger partial charge is 0.383 e. The molecule has 7 heteroatoms. The Kier molecular flexibility index (Phi) is 3.19. The van der Waals surface area contributed by atoms with Gasteiger partial charge in [-0.05, 0) is 24.6 Å². The van der Waals surface area contributed by atoms with Gasteiger partial charge in [-0.25, -0.2) is 9.97 Å². The number of benzene rings is 1. The summed E-state index contributed by atoms with van der Waals surface area (Å²) in [6.45, 7) is 2.04. The van der Waals surface area contributed by atoms with Crippen molar-refractivity contribution in [2.24, 2.45) is 0 Å². The van der Waals surface area contributed by atoms with Crippen molar-refractivity contribution < 1.29 is 0 Å². The number of anilines is 1. The molecule has 0 aliphatic heterocycles. The third-order valence-corrected chi connectivity index (χ3v) is 3.66. The van der Waals surface area contributed by atoms with Crippen LogP contribution in [0.15, 0.2) is 34.2 Å². The molecule has 6 nitrogen and oxygen atoms in total. The molecule has 0 radical (unpaired) electrons. The van der Waals surface area contributed by atoms with Crippen molar-refractivity contribution in [3.8, 4) is 0 Å². The van der Waals surface area contributed by atoms with E-state index in [4.69, 9.17) is 5.73 Å². The van der Waals surface area contributed by atoms with E-state index in [1.54, 1.807) is 0 Å². The van der Waals surface area contributed by atoms with Crippen LogP contribution < -0.4 is 11.3 Å². The van der Waals surface area contributed by atoms with Gasteiger partial charge in [0.2, 0.25) is 0 Å². The van der Waals surface area contributed by atoms with Gasteiger partial charge in [-0.2, -0.15) is 0 Å². The zero-order chi connectivity index (χ0) is 14.1. The number of aromatic amines is 2. The Morgan fingerprint density at radius 3 is 2.90 bits per heavy atom. The molecule has 0 saturated heterocycles. The van der Waals surface area contributed by atoms with Crippen molar-refractivity contribution in [3.05, 3.63) is 46.0 Å². The first-order valence-electron chi connectivity index (χ1n) is 6.05. The summed E-state index contributed by atoms with van der Waals surface area (Å²) in [5, 5.41) is 0.492. The molecule has 0 aliphatic rings. The van der Waals surface area contributed by atoms with Crippen LogP contribution in [0.25, 0.3) is 11.0 Å². The van der Waals surface area contributed by atoms with E-state index in [1.807, 2.05) is 19.1 Å². The Morgan fingerprint density at radius 2 is 2.10 bits per heavy atom. The molecule has 1 aromatic carbocycles. The zero-order valence-corrected chi connectivity index (χ0v) is 11.6. The number of hydrogen-bond acceptors (Lipinski definition) is 5. The Morgan fingerprint density at radius 1 is 1.25 bits per heavy atom. The first-order valence-corrected chi connectivity index (χ1v) is 7.03. The number of fused-ring (bicyclic) bond motifs is 1. The third kappa shape index (κ3) is 2.67. The fourth-order valence-corrected chi connectivity index (χ4v) is 2.66. The van der Waals surface area contributed by atoms with Gasteiger partial charge in [0.15, 0.2) is 5.16 Å². The van der Waals surface area contributed by atoms with E-state index in [1.165, 1.54) is 23.4 Å². The van der Waals surface area contributed by atoms with Gasteiger partial charge in [0, 0.05) is 6.07 Å². The second kappa shape index (κ2) is 5.01. The molecule has 3 rings (SSSR count). The number of H-pyrrole nitrogens is 2. The first-order chi connectivity index (χ1) is 9.60. The van der Waals surface area contributed by atoms with Crippen LogP contribution in [0.5, 0.6) is 0 Å². The second-order valence-corrected chi connectivity index (χ2v) is 5.43. The summed E-state index contributed by atoms with van der Waals surface area (Å²) < 4.78 is 0. The maximum absolute atomic E-state index is 11.3. The summed E-state index contributed by atoms with van der Waals surface area (Å²) in [7, 11) is 0. The fourth-order valence-electron chi connectivity index (χ4n) is 1.90. The number of rotatable bonds is 3. The summed E-state index contributed by atoms with van der Waals surface area (Å²) in [5.41, 5.74) is 8.41. The molecule has 102 valence electrons. The minimum atomic E-state index is -0.250. The van der Waals surface area contributed by atoms with Crippen LogP contribution in [0.4, 0.5) is 5.82 Å². The highest BCUT2D eigenvalue weighted by atomic mass is 32.2. The monoisotopic (exact) mass is 287 g/mol. The molecule has 20 heavy (non-hydrogen) atoms. The molecule has 4 N–H and O–H groups in total. The van der Waals surface area contributed by atoms with Crippen LogP contribution in [0, 0.1) is 6.92 Å². The minimum Gasteiger partial charge on any atom is -0.383 e. The molecule has 0 aliphatic carbocycles. The molecule has 0 fully saturated rings. The van der Waals surface area contributed by atoms with E-state index < -0.39 is 0 Å². The number of hydrogen-bond donors (Lipinski definition) is 3. The standard InChI is InChI=1S/C13H13N5OS/c1-7-2-3-8-9(4-7)16-11(15-8)6-20-13-17-10(14)5-12(19)18-13/h2-5H,6H2,1H3,(H,15,16)(H3,14,17,18,19). The summed E-state index contributed by atoms with van der Waals surface area (Å²) >= 11 is 1.38. The summed E-state index contributed by atoms with van der Waals surface area (Å²) in [6.07, 6.45) is 0. The molecule has 0 unspecified atom stereocenters. The van der Waals surface area contributed by atoms with E-state index in [9.17, 15) is 4.79 Å². The highest BCUT2D eigenvalue weighted by molar-refractivity contribution is 7.98. The van der Waals surface area contributed by atoms with Crippen LogP contribution in [0.2, 0.25) is 0 Å². The molecule has 0 amide bonds. The SMILES string of the molecule is Cc1ccc2nc(CSc3nc(N)cc(=O)[nH]3)[nH]c2c1. The van der Waals surface area contributed by atoms with Crippen LogP contribution in [-0.2, 0) is 5.75 Å². The van der Waals surface area contributed by atoms with Crippen LogP contribution in [0.3, 0.4) is 0 Å². The summed E-state index contributed by atoms with van der Waals surface area (Å²) in [5.74, 6) is 1.64. The molecule has 3 aromatic rings. The highest BCUT2D eigenvalue weighted by Crippen LogP contribution is 2.20. The highest BCUT2D eigenvalue weighted by Gasteiger charge is 2.05. The van der Waals surface area contributed by atoms with Crippen molar-refractivity contribution in [1.82, 2.24) is 19.9 Å². The number of thioether (sulfide) groups is 1. The second-order valence-electron chi connectivity index (χ2n) is 4.47. The van der Waals surface area contributed by atoms with Crippen LogP contribution >= 0.6 is 11.8 Å². The maximum atomic E-state index is 11.3. The first kappa shape index (κ1) is 12.7. The number of aryl methyl sites for hydroxylation is 1. The molecule has 0 spiro atoms. The minimum absolute atomic E-state index is 0.219. The van der Waals surface area contributed by atoms with Gasteiger partial charge in [-0.1, -0.05) is 17.8 Å². The van der Waals surface area contributed by atoms with Crippen molar-refractivity contribution in [3.63, 3.8) is 0 Å². The van der Waals surface area contributed by atoms with Crippen molar-refractivity contribution in [2.45, 2.75) is 17.8 Å². The van der Waals surface area contributed by atoms with E-state index in [-0.39, 0.29) is 11.4 Å². The Bertz CT molecular complexity index is 823. The molecule has 2 heterocycles. The topological polar surface area (TPSA) is 100 Å². The van der Waals surface area contributed by atoms with E-state index >= 15 is 0 Å². The number of nitrogens with one attached hydrogen (secondary N) is 2. The number of aromatic nitrogens is 4. The van der Waals surface area contributed by atoms with E-state index in [2.05, 4.69) is 26.0 Å². The van der Waals surface area contributed by atoms with Gasteiger partial charge >= 0.3 is 0 Å². The maximum Gasteiger partial charge on any atom is 0.253 e. The summed E-state index contributed by atoms with van der Waals surface area (Å²) in [6, 6.07) is 7.32. The van der Waals surface area contributed by atoms with E-state index in [0.717, 1.165) is 16.9 Å². The third-order valence-electron chi connectivity index (χ3n) is 2.77. The van der Waals surface area contributed by atoms with Crippen LogP contribution in [-0.4, -0.2) is 19.9 Å². The average Bonchev–Trinajstić information content (AvgIpc) is 2.77. The molecular formula is C13H13N5OS. The lowest BCUT2D eigenvalue weighted by Gasteiger charge is -1.99. The Hall–Kier alpha value is -2.28. The molecule has 2 aromatic heterocycles. The van der Waals surface area contributed by atoms with Crippen molar-refractivity contribution in [1.29, 1.82) is 0 Å². The number of nitrogens with two attached hydrogens (primary N) is 1. The summed E-state index contributed by atoms with van der Waals surface area (Å²) in [4.78, 5) is 25.7. The molecular weight excluding hydrogens is 274 g/mol. The number of nitrogens with zero attached hydrogens (tertiary/aromatic N) is 2. The van der Waals surface area contributed by atoms with Gasteiger partial charge in [-0.15, -0.1) is 0 Å². The van der Waals surface area contributed by atoms with Crippen molar-refractivity contribution in [2.75, 3.05) is 5.73 Å². The lowest BCUT2D eigenvalue weighted by atomic mass is 10.2. The predicted octanol–water partition coefficient (Wildman–Crippen LogP) is 1.83. The average molecular weight is 287 g/mol. The smallest absolute Gasteiger partial charge is 0.253 e. The molecule has 0 atom stereocenters. The quantitative estimate of drug-likeness (QED) is 0.504. The predicted molar refractivity (Wildman–Crippen MR) is 79.7 cm³/mol. The number of nitrogen functional groups attached to an aromatic ring is 1. The lowest BCUT2D eigenvalue weighted by Crippen LogP contribution is -2.09. The van der Waals surface area contributed by atoms with Gasteiger partial charge in [-0.3, -0.25) is 4.79 Å². The normalized spacial score (nSPS) is 11.1. The van der Waals surface area contributed by atoms with Crippen molar-refractivity contribution >= 4 is 28.6 Å². The van der Waals surface area contributed by atoms with Gasteiger partial charge < -0.3 is 15.7 Å². The van der Waals surface area contributed by atoms with Gasteiger partial charge in [0.1, 0.15) is 11.6 Å². The lowest BCUT2D eigenvalue weighted by molar-refractivity contribution is 0.942. The van der Waals surface area contributed by atoms with E-state index in [0.29, 0.717) is 10.9 Å². The number of imidazole rings is 1. The molecule has 0 saturated carbocycles. The molecule has 0 bridgehead atoms. The Labute approximate surface area is 118 Å². The van der Waals surface area contributed by atoms with Crippen LogP contribution in [0.1, 0.15) is 11.4 Å². The fraction of sp³-hybridized carbons (Fsp3) is 0.154.